The molecule has 13 nitrogen and oxygen atoms in total. The average molecular weight is 531 g/mol. The molecule has 1 aromatic heterocycles. The third-order valence-electron chi connectivity index (χ3n) is 6.97. The molecule has 1 atom stereocenters. The molecular weight excluding hydrogens is 499 g/mol. The van der Waals surface area contributed by atoms with E-state index >= 15 is 4.39 Å². The number of aromatic nitrogens is 4. The Hall–Kier alpha value is -3.81. The maximum atomic E-state index is 15.1. The number of carbonyl (C=O) groups excluding carboxylic acids is 3. The molecule has 3 amide bonds. The summed E-state index contributed by atoms with van der Waals surface area (Å²) in [6.45, 7) is 5.24. The van der Waals surface area contributed by atoms with Gasteiger partial charge in [-0.3, -0.25) is 14.5 Å². The number of amides is 3. The quantitative estimate of drug-likeness (QED) is 0.543. The standard InChI is InChI=1S/C24H31FN8O5/c1-16(34)26-14-19-15-32(24(36)38-19)18-2-3-21(20(25)12-18)30-6-4-17(5-7-30)33-28-22(27-29-33)13-23(35)31-8-10-37-11-9-31/h2-3,12,17,19H,4-11,13-15H2,1H3,(H,26,34)/t19-/m0/s1. The van der Waals surface area contributed by atoms with Crippen LogP contribution in [0.2, 0.25) is 0 Å². The molecule has 38 heavy (non-hydrogen) atoms. The summed E-state index contributed by atoms with van der Waals surface area (Å²) in [5.41, 5.74) is 0.861. The van der Waals surface area contributed by atoms with Gasteiger partial charge >= 0.3 is 6.09 Å². The number of nitrogens with one attached hydrogen (secondary N) is 1. The normalized spacial score (nSPS) is 20.5. The van der Waals surface area contributed by atoms with Crippen LogP contribution in [0.5, 0.6) is 0 Å². The number of benzene rings is 1. The van der Waals surface area contributed by atoms with Gasteiger partial charge in [0.2, 0.25) is 11.8 Å². The smallest absolute Gasteiger partial charge is 0.414 e. The van der Waals surface area contributed by atoms with Crippen molar-refractivity contribution < 1.29 is 28.2 Å². The van der Waals surface area contributed by atoms with Gasteiger partial charge in [-0.2, -0.15) is 4.80 Å². The lowest BCUT2D eigenvalue weighted by Crippen LogP contribution is -2.41. The number of tetrazole rings is 1. The molecule has 0 unspecified atom stereocenters. The molecule has 2 aromatic rings. The van der Waals surface area contributed by atoms with Gasteiger partial charge < -0.3 is 24.6 Å². The Morgan fingerprint density at radius 3 is 2.63 bits per heavy atom. The topological polar surface area (TPSA) is 135 Å². The monoisotopic (exact) mass is 530 g/mol. The molecule has 3 aliphatic heterocycles. The van der Waals surface area contributed by atoms with Gasteiger partial charge in [-0.25, -0.2) is 9.18 Å². The summed E-state index contributed by atoms with van der Waals surface area (Å²) < 4.78 is 25.7. The number of hydrogen-bond donors (Lipinski definition) is 1. The lowest BCUT2D eigenvalue weighted by molar-refractivity contribution is -0.134. The molecule has 5 rings (SSSR count). The number of nitrogens with zero attached hydrogens (tertiary/aromatic N) is 7. The highest BCUT2D eigenvalue weighted by molar-refractivity contribution is 5.90. The highest BCUT2D eigenvalue weighted by atomic mass is 19.1. The summed E-state index contributed by atoms with van der Waals surface area (Å²) in [6, 6.07) is 4.71. The van der Waals surface area contributed by atoms with Crippen molar-refractivity contribution in [2.45, 2.75) is 38.3 Å². The Labute approximate surface area is 218 Å². The van der Waals surface area contributed by atoms with Crippen LogP contribution < -0.4 is 15.1 Å². The van der Waals surface area contributed by atoms with Crippen LogP contribution in [0, 0.1) is 5.82 Å². The third-order valence-corrected chi connectivity index (χ3v) is 6.97. The van der Waals surface area contributed by atoms with E-state index < -0.39 is 18.0 Å². The van der Waals surface area contributed by atoms with E-state index in [1.54, 1.807) is 21.8 Å². The molecule has 3 fully saturated rings. The lowest BCUT2D eigenvalue weighted by Gasteiger charge is -2.33. The van der Waals surface area contributed by atoms with Crippen molar-refractivity contribution >= 4 is 29.3 Å². The molecule has 0 aliphatic carbocycles. The van der Waals surface area contributed by atoms with E-state index in [1.807, 2.05) is 4.90 Å². The SMILES string of the molecule is CC(=O)NC[C@H]1CN(c2ccc(N3CCC(n4nnc(CC(=O)N5CCOCC5)n4)CC3)c(F)c2)C(=O)O1. The second kappa shape index (κ2) is 11.3. The summed E-state index contributed by atoms with van der Waals surface area (Å²) in [6.07, 6.45) is 0.431. The van der Waals surface area contributed by atoms with Crippen LogP contribution in [0.3, 0.4) is 0 Å². The summed E-state index contributed by atoms with van der Waals surface area (Å²) in [5.74, 6) is -0.281. The first-order valence-corrected chi connectivity index (χ1v) is 12.8. The Kier molecular flexibility index (Phi) is 7.67. The molecule has 3 saturated heterocycles. The van der Waals surface area contributed by atoms with Gasteiger partial charge in [-0.05, 0) is 36.3 Å². The number of hydrogen-bond acceptors (Lipinski definition) is 9. The maximum Gasteiger partial charge on any atom is 0.414 e. The Balaban J connectivity index is 1.14. The largest absolute Gasteiger partial charge is 0.442 e. The number of rotatable bonds is 7. The van der Waals surface area contributed by atoms with Crippen molar-refractivity contribution in [1.82, 2.24) is 30.4 Å². The van der Waals surface area contributed by atoms with E-state index in [2.05, 4.69) is 20.7 Å². The Morgan fingerprint density at radius 1 is 1.16 bits per heavy atom. The van der Waals surface area contributed by atoms with Crippen molar-refractivity contribution in [2.75, 3.05) is 62.3 Å². The fraction of sp³-hybridized carbons (Fsp3) is 0.583. The van der Waals surface area contributed by atoms with E-state index in [1.165, 1.54) is 17.9 Å². The number of piperidine rings is 1. The van der Waals surface area contributed by atoms with Gasteiger partial charge in [0, 0.05) is 33.1 Å². The number of halogens is 1. The summed E-state index contributed by atoms with van der Waals surface area (Å²) in [5, 5.41) is 15.3. The van der Waals surface area contributed by atoms with Crippen LogP contribution in [0.15, 0.2) is 18.2 Å². The van der Waals surface area contributed by atoms with Crippen LogP contribution in [0.4, 0.5) is 20.6 Å². The van der Waals surface area contributed by atoms with Gasteiger partial charge in [0.25, 0.3) is 0 Å². The summed E-state index contributed by atoms with van der Waals surface area (Å²) >= 11 is 0. The number of morpholine rings is 1. The zero-order valence-corrected chi connectivity index (χ0v) is 21.2. The second-order valence-electron chi connectivity index (χ2n) is 9.60. The first-order valence-electron chi connectivity index (χ1n) is 12.8. The van der Waals surface area contributed by atoms with Gasteiger partial charge in [-0.1, -0.05) is 0 Å². The van der Waals surface area contributed by atoms with E-state index in [0.717, 1.165) is 0 Å². The molecule has 1 N–H and O–H groups in total. The number of ether oxygens (including phenoxy) is 2. The van der Waals surface area contributed by atoms with Crippen molar-refractivity contribution in [3.05, 3.63) is 29.8 Å². The van der Waals surface area contributed by atoms with E-state index in [-0.39, 0.29) is 37.4 Å². The fourth-order valence-electron chi connectivity index (χ4n) is 4.90. The molecule has 0 bridgehead atoms. The summed E-state index contributed by atoms with van der Waals surface area (Å²) in [7, 11) is 0. The second-order valence-corrected chi connectivity index (χ2v) is 9.60. The zero-order chi connectivity index (χ0) is 26.6. The lowest BCUT2D eigenvalue weighted by atomic mass is 10.0. The van der Waals surface area contributed by atoms with Crippen molar-refractivity contribution in [3.63, 3.8) is 0 Å². The van der Waals surface area contributed by atoms with Crippen LogP contribution in [0.1, 0.15) is 31.6 Å². The Bertz CT molecular complexity index is 1180. The fourth-order valence-corrected chi connectivity index (χ4v) is 4.90. The Morgan fingerprint density at radius 2 is 1.92 bits per heavy atom. The predicted octanol–water partition coefficient (Wildman–Crippen LogP) is 0.516. The molecule has 4 heterocycles. The van der Waals surface area contributed by atoms with Crippen LogP contribution in [0.25, 0.3) is 0 Å². The van der Waals surface area contributed by atoms with Crippen LogP contribution >= 0.6 is 0 Å². The van der Waals surface area contributed by atoms with Crippen LogP contribution in [-0.4, -0.2) is 102 Å². The highest BCUT2D eigenvalue weighted by Crippen LogP contribution is 2.31. The first-order chi connectivity index (χ1) is 18.4. The number of cyclic esters (lactones) is 1. The molecule has 0 radical (unpaired) electrons. The van der Waals surface area contributed by atoms with Crippen LogP contribution in [-0.2, 0) is 25.5 Å². The minimum Gasteiger partial charge on any atom is -0.442 e. The maximum absolute atomic E-state index is 15.1. The van der Waals surface area contributed by atoms with Gasteiger partial charge in [0.05, 0.1) is 50.1 Å². The molecule has 1 aromatic carbocycles. The molecule has 14 heteroatoms. The van der Waals surface area contributed by atoms with Gasteiger partial charge in [0.1, 0.15) is 11.9 Å². The zero-order valence-electron chi connectivity index (χ0n) is 21.2. The first kappa shape index (κ1) is 25.8. The highest BCUT2D eigenvalue weighted by Gasteiger charge is 2.33. The predicted molar refractivity (Wildman–Crippen MR) is 132 cm³/mol. The minimum atomic E-state index is -0.570. The third kappa shape index (κ3) is 5.85. The molecular formula is C24H31FN8O5. The molecule has 3 aliphatic rings. The number of anilines is 2. The minimum absolute atomic E-state index is 0.00763. The van der Waals surface area contributed by atoms with E-state index in [9.17, 15) is 14.4 Å². The number of carbonyl (C=O) groups is 3. The van der Waals surface area contributed by atoms with Crippen molar-refractivity contribution in [3.8, 4) is 0 Å². The van der Waals surface area contributed by atoms with Crippen molar-refractivity contribution in [2.24, 2.45) is 0 Å². The molecule has 0 saturated carbocycles. The van der Waals surface area contributed by atoms with E-state index in [0.29, 0.717) is 69.4 Å². The van der Waals surface area contributed by atoms with E-state index in [4.69, 9.17) is 9.47 Å². The molecule has 0 spiro atoms. The average Bonchev–Trinajstić information content (AvgIpc) is 3.54. The van der Waals surface area contributed by atoms with Gasteiger partial charge in [0.15, 0.2) is 5.82 Å². The van der Waals surface area contributed by atoms with Crippen molar-refractivity contribution in [1.29, 1.82) is 0 Å². The summed E-state index contributed by atoms with van der Waals surface area (Å²) in [4.78, 5) is 42.4. The molecule has 204 valence electrons. The van der Waals surface area contributed by atoms with Gasteiger partial charge in [-0.15, -0.1) is 10.2 Å².